The Morgan fingerprint density at radius 2 is 0.521 bits per heavy atom. The summed E-state index contributed by atoms with van der Waals surface area (Å²) in [6.45, 7) is 0. The number of benzene rings is 9. The Bertz CT molecular complexity index is 2460. The molecule has 0 aromatic heterocycles. The van der Waals surface area contributed by atoms with Crippen LogP contribution in [0.25, 0.3) is 88.0 Å². The molecule has 48 heavy (non-hydrogen) atoms. The molecule has 0 aliphatic carbocycles. The molecule has 0 heterocycles. The highest BCUT2D eigenvalue weighted by Crippen LogP contribution is 2.44. The van der Waals surface area contributed by atoms with Gasteiger partial charge in [0.1, 0.15) is 0 Å². The maximum absolute atomic E-state index is 2.37. The van der Waals surface area contributed by atoms with Gasteiger partial charge in [-0.05, 0) is 118 Å². The van der Waals surface area contributed by atoms with E-state index >= 15 is 0 Å². The van der Waals surface area contributed by atoms with E-state index in [1.54, 1.807) is 0 Å². The van der Waals surface area contributed by atoms with Gasteiger partial charge in [0.2, 0.25) is 0 Å². The van der Waals surface area contributed by atoms with Crippen molar-refractivity contribution in [3.8, 4) is 55.6 Å². The highest BCUT2D eigenvalue weighted by molar-refractivity contribution is 6.21. The third-order valence-corrected chi connectivity index (χ3v) is 9.60. The average molecular weight is 609 g/mol. The molecule has 0 atom stereocenters. The first-order valence-electron chi connectivity index (χ1n) is 16.6. The summed E-state index contributed by atoms with van der Waals surface area (Å²) in [7, 11) is 0. The van der Waals surface area contributed by atoms with Gasteiger partial charge >= 0.3 is 0 Å². The van der Waals surface area contributed by atoms with Crippen molar-refractivity contribution in [1.82, 2.24) is 0 Å². The van der Waals surface area contributed by atoms with E-state index < -0.39 is 0 Å². The van der Waals surface area contributed by atoms with Crippen molar-refractivity contribution in [2.75, 3.05) is 0 Å². The van der Waals surface area contributed by atoms with Gasteiger partial charge in [-0.3, -0.25) is 0 Å². The molecule has 0 aliphatic rings. The minimum Gasteiger partial charge on any atom is -0.0622 e. The quantitative estimate of drug-likeness (QED) is 0.171. The highest BCUT2D eigenvalue weighted by Gasteiger charge is 2.17. The first-order valence-corrected chi connectivity index (χ1v) is 16.6. The van der Waals surface area contributed by atoms with Crippen LogP contribution in [0, 0.1) is 0 Å². The summed E-state index contributed by atoms with van der Waals surface area (Å²) >= 11 is 0. The predicted octanol–water partition coefficient (Wildman–Crippen LogP) is 13.5. The van der Waals surface area contributed by atoms with Crippen molar-refractivity contribution in [2.24, 2.45) is 0 Å². The SMILES string of the molecule is c1ccc(-c2cc(-c3ccccc3)cc(-c3ccc4cc(-c5c6ccccc6c(-c6ccccc6)c6ccccc56)ccc4c3)c2)cc1. The highest BCUT2D eigenvalue weighted by atomic mass is 14.2. The van der Waals surface area contributed by atoms with Gasteiger partial charge < -0.3 is 0 Å². The topological polar surface area (TPSA) is 0 Å². The molecule has 9 rings (SSSR count). The van der Waals surface area contributed by atoms with Crippen LogP contribution in [-0.4, -0.2) is 0 Å². The molecule has 0 spiro atoms. The van der Waals surface area contributed by atoms with Crippen LogP contribution in [-0.2, 0) is 0 Å². The summed E-state index contributed by atoms with van der Waals surface area (Å²) in [5.41, 5.74) is 12.4. The van der Waals surface area contributed by atoms with Crippen LogP contribution in [0.4, 0.5) is 0 Å². The fraction of sp³-hybridized carbons (Fsp3) is 0. The summed E-state index contributed by atoms with van der Waals surface area (Å²) in [6, 6.07) is 70.7. The molecule has 9 aromatic carbocycles. The van der Waals surface area contributed by atoms with E-state index in [1.807, 2.05) is 0 Å². The molecule has 0 saturated carbocycles. The molecule has 0 radical (unpaired) electrons. The number of hydrogen-bond donors (Lipinski definition) is 0. The average Bonchev–Trinajstić information content (AvgIpc) is 3.17. The van der Waals surface area contributed by atoms with Crippen molar-refractivity contribution in [2.45, 2.75) is 0 Å². The summed E-state index contributed by atoms with van der Waals surface area (Å²) in [6.07, 6.45) is 0. The number of hydrogen-bond acceptors (Lipinski definition) is 0. The van der Waals surface area contributed by atoms with Gasteiger partial charge in [-0.25, -0.2) is 0 Å². The largest absolute Gasteiger partial charge is 0.0622 e. The Kier molecular flexibility index (Phi) is 6.91. The van der Waals surface area contributed by atoms with E-state index in [1.165, 1.54) is 88.0 Å². The molecule has 0 N–H and O–H groups in total. The zero-order valence-electron chi connectivity index (χ0n) is 26.5. The summed E-state index contributed by atoms with van der Waals surface area (Å²) in [4.78, 5) is 0. The van der Waals surface area contributed by atoms with E-state index in [0.717, 1.165) is 0 Å². The maximum atomic E-state index is 2.37. The molecule has 9 aromatic rings. The molecule has 0 fully saturated rings. The lowest BCUT2D eigenvalue weighted by Crippen LogP contribution is -1.91. The molecule has 0 unspecified atom stereocenters. The fourth-order valence-electron chi connectivity index (χ4n) is 7.32. The minimum atomic E-state index is 1.22. The van der Waals surface area contributed by atoms with Gasteiger partial charge in [0.25, 0.3) is 0 Å². The van der Waals surface area contributed by atoms with Crippen LogP contribution >= 0.6 is 0 Å². The first kappa shape index (κ1) is 28.0. The van der Waals surface area contributed by atoms with Crippen LogP contribution < -0.4 is 0 Å². The van der Waals surface area contributed by atoms with E-state index in [-0.39, 0.29) is 0 Å². The Morgan fingerprint density at radius 3 is 0.979 bits per heavy atom. The standard InChI is InChI=1S/C48H32/c1-4-14-33(15-5-1)40-30-41(34-16-6-2-7-17-34)32-42(31-40)38-25-24-37-29-39(27-26-36(37)28-38)48-45-22-12-10-20-43(45)47(35-18-8-3-9-19-35)44-21-11-13-23-46(44)48/h1-32H. The molecular formula is C48H32. The van der Waals surface area contributed by atoms with Crippen LogP contribution in [0.1, 0.15) is 0 Å². The Hall–Kier alpha value is -6.24. The van der Waals surface area contributed by atoms with E-state index in [9.17, 15) is 0 Å². The predicted molar refractivity (Wildman–Crippen MR) is 206 cm³/mol. The Labute approximate surface area is 281 Å². The zero-order valence-corrected chi connectivity index (χ0v) is 26.5. The van der Waals surface area contributed by atoms with E-state index in [2.05, 4.69) is 194 Å². The van der Waals surface area contributed by atoms with Crippen molar-refractivity contribution in [3.05, 3.63) is 194 Å². The van der Waals surface area contributed by atoms with Crippen LogP contribution in [0.2, 0.25) is 0 Å². The molecule has 0 aliphatic heterocycles. The molecule has 0 bridgehead atoms. The Balaban J connectivity index is 1.20. The van der Waals surface area contributed by atoms with Crippen molar-refractivity contribution in [3.63, 3.8) is 0 Å². The summed E-state index contributed by atoms with van der Waals surface area (Å²) in [5.74, 6) is 0. The first-order chi connectivity index (χ1) is 23.8. The molecule has 0 saturated heterocycles. The lowest BCUT2D eigenvalue weighted by Gasteiger charge is -2.18. The molecule has 0 heteroatoms. The molecular weight excluding hydrogens is 577 g/mol. The second-order valence-electron chi connectivity index (χ2n) is 12.5. The lowest BCUT2D eigenvalue weighted by atomic mass is 9.85. The molecule has 0 amide bonds. The van der Waals surface area contributed by atoms with Crippen LogP contribution in [0.3, 0.4) is 0 Å². The van der Waals surface area contributed by atoms with Crippen molar-refractivity contribution in [1.29, 1.82) is 0 Å². The van der Waals surface area contributed by atoms with Gasteiger partial charge in [0.05, 0.1) is 0 Å². The molecule has 224 valence electrons. The van der Waals surface area contributed by atoms with Crippen LogP contribution in [0.5, 0.6) is 0 Å². The lowest BCUT2D eigenvalue weighted by molar-refractivity contribution is 1.57. The van der Waals surface area contributed by atoms with Gasteiger partial charge in [0.15, 0.2) is 0 Å². The van der Waals surface area contributed by atoms with Crippen LogP contribution in [0.15, 0.2) is 194 Å². The smallest absolute Gasteiger partial charge is 0.00262 e. The van der Waals surface area contributed by atoms with Gasteiger partial charge in [0, 0.05) is 0 Å². The second-order valence-corrected chi connectivity index (χ2v) is 12.5. The van der Waals surface area contributed by atoms with Gasteiger partial charge in [-0.2, -0.15) is 0 Å². The van der Waals surface area contributed by atoms with Crippen molar-refractivity contribution >= 4 is 32.3 Å². The molecule has 0 nitrogen and oxygen atoms in total. The third-order valence-electron chi connectivity index (χ3n) is 9.60. The fourth-order valence-corrected chi connectivity index (χ4v) is 7.32. The maximum Gasteiger partial charge on any atom is -0.00262 e. The minimum absolute atomic E-state index is 1.22. The van der Waals surface area contributed by atoms with Gasteiger partial charge in [-0.15, -0.1) is 0 Å². The van der Waals surface area contributed by atoms with Crippen molar-refractivity contribution < 1.29 is 0 Å². The third kappa shape index (κ3) is 4.96. The normalized spacial score (nSPS) is 11.3. The van der Waals surface area contributed by atoms with E-state index in [4.69, 9.17) is 0 Å². The number of fused-ring (bicyclic) bond motifs is 3. The number of rotatable bonds is 5. The van der Waals surface area contributed by atoms with E-state index in [0.29, 0.717) is 0 Å². The van der Waals surface area contributed by atoms with Gasteiger partial charge in [-0.1, -0.05) is 164 Å². The Morgan fingerprint density at radius 1 is 0.188 bits per heavy atom. The second kappa shape index (κ2) is 11.8. The monoisotopic (exact) mass is 608 g/mol. The summed E-state index contributed by atoms with van der Waals surface area (Å²) < 4.78 is 0. The summed E-state index contributed by atoms with van der Waals surface area (Å²) in [5, 5.41) is 7.58. The zero-order chi connectivity index (χ0) is 31.9.